The van der Waals surface area contributed by atoms with E-state index in [9.17, 15) is 4.39 Å². The third-order valence-corrected chi connectivity index (χ3v) is 4.03. The van der Waals surface area contributed by atoms with Crippen molar-refractivity contribution in [2.24, 2.45) is 0 Å². The van der Waals surface area contributed by atoms with E-state index in [0.717, 1.165) is 12.0 Å². The van der Waals surface area contributed by atoms with Crippen molar-refractivity contribution < 1.29 is 13.9 Å². The fraction of sp³-hybridized carbons (Fsp3) is 0.438. The number of benzene rings is 1. The van der Waals surface area contributed by atoms with Gasteiger partial charge in [0.2, 0.25) is 0 Å². The largest absolute Gasteiger partial charge is 0.345 e. The molecule has 0 N–H and O–H groups in total. The maximum absolute atomic E-state index is 12.9. The molecule has 0 bridgehead atoms. The first-order valence-corrected chi connectivity index (χ1v) is 7.65. The van der Waals surface area contributed by atoms with Crippen LogP contribution in [0.3, 0.4) is 0 Å². The van der Waals surface area contributed by atoms with Crippen molar-refractivity contribution in [1.29, 1.82) is 0 Å². The SMILES string of the molecule is Cl.FCC1COC(CCc2ccc(Cl)cc2)(Cn2ccnc2)O1. The highest BCUT2D eigenvalue weighted by Gasteiger charge is 2.41. The lowest BCUT2D eigenvalue weighted by molar-refractivity contribution is -0.183. The van der Waals surface area contributed by atoms with Crippen LogP contribution in [-0.4, -0.2) is 34.7 Å². The van der Waals surface area contributed by atoms with Crippen molar-refractivity contribution in [3.8, 4) is 0 Å². The van der Waals surface area contributed by atoms with Gasteiger partial charge in [-0.05, 0) is 24.1 Å². The summed E-state index contributed by atoms with van der Waals surface area (Å²) in [7, 11) is 0. The Morgan fingerprint density at radius 3 is 2.74 bits per heavy atom. The van der Waals surface area contributed by atoms with Crippen LogP contribution in [0.15, 0.2) is 43.0 Å². The average molecular weight is 361 g/mol. The molecule has 1 aromatic carbocycles. The predicted molar refractivity (Wildman–Crippen MR) is 88.8 cm³/mol. The highest BCUT2D eigenvalue weighted by molar-refractivity contribution is 6.30. The van der Waals surface area contributed by atoms with Gasteiger partial charge in [-0.1, -0.05) is 23.7 Å². The summed E-state index contributed by atoms with van der Waals surface area (Å²) in [4.78, 5) is 4.03. The fourth-order valence-electron chi connectivity index (χ4n) is 2.63. The number of rotatable bonds is 6. The summed E-state index contributed by atoms with van der Waals surface area (Å²) in [6.45, 7) is 0.246. The molecule has 23 heavy (non-hydrogen) atoms. The lowest BCUT2D eigenvalue weighted by Crippen LogP contribution is -2.37. The Morgan fingerprint density at radius 1 is 1.35 bits per heavy atom. The first kappa shape index (κ1) is 18.2. The van der Waals surface area contributed by atoms with Crippen LogP contribution in [-0.2, 0) is 22.4 Å². The topological polar surface area (TPSA) is 36.3 Å². The molecule has 2 unspecified atom stereocenters. The summed E-state index contributed by atoms with van der Waals surface area (Å²) < 4.78 is 26.5. The molecular weight excluding hydrogens is 342 g/mol. The van der Waals surface area contributed by atoms with Crippen molar-refractivity contribution in [2.45, 2.75) is 31.3 Å². The number of imidazole rings is 1. The van der Waals surface area contributed by atoms with E-state index in [1.54, 1.807) is 12.5 Å². The number of alkyl halides is 1. The molecule has 7 heteroatoms. The van der Waals surface area contributed by atoms with E-state index in [-0.39, 0.29) is 19.0 Å². The molecule has 3 rings (SSSR count). The Kier molecular flexibility index (Phi) is 6.41. The van der Waals surface area contributed by atoms with E-state index in [1.807, 2.05) is 35.0 Å². The molecular formula is C16H19Cl2FN2O2. The quantitative estimate of drug-likeness (QED) is 0.788. The van der Waals surface area contributed by atoms with Crippen molar-refractivity contribution in [3.63, 3.8) is 0 Å². The second-order valence-electron chi connectivity index (χ2n) is 5.48. The van der Waals surface area contributed by atoms with Crippen LogP contribution >= 0.6 is 24.0 Å². The minimum Gasteiger partial charge on any atom is -0.345 e. The molecule has 0 spiro atoms. The first-order chi connectivity index (χ1) is 10.7. The van der Waals surface area contributed by atoms with Gasteiger partial charge in [0.15, 0.2) is 5.79 Å². The van der Waals surface area contributed by atoms with Gasteiger partial charge in [-0.15, -0.1) is 12.4 Å². The lowest BCUT2D eigenvalue weighted by Gasteiger charge is -2.28. The summed E-state index contributed by atoms with van der Waals surface area (Å²) in [6.07, 6.45) is 6.18. The standard InChI is InChI=1S/C16H18ClFN2O2.ClH/c17-14-3-1-13(2-4-14)5-6-16(11-20-8-7-19-12-20)21-10-15(9-18)22-16;/h1-4,7-8,12,15H,5-6,9-11H2;1H. The lowest BCUT2D eigenvalue weighted by atomic mass is 10.0. The number of hydrogen-bond donors (Lipinski definition) is 0. The van der Waals surface area contributed by atoms with Gasteiger partial charge < -0.3 is 14.0 Å². The van der Waals surface area contributed by atoms with E-state index < -0.39 is 18.6 Å². The maximum Gasteiger partial charge on any atom is 0.187 e. The average Bonchev–Trinajstić information content (AvgIpc) is 3.17. The van der Waals surface area contributed by atoms with E-state index in [2.05, 4.69) is 4.98 Å². The van der Waals surface area contributed by atoms with Crippen LogP contribution in [0.5, 0.6) is 0 Å². The molecule has 1 fully saturated rings. The maximum atomic E-state index is 12.9. The number of ether oxygens (including phenoxy) is 2. The van der Waals surface area contributed by atoms with Crippen LogP contribution in [0.2, 0.25) is 5.02 Å². The summed E-state index contributed by atoms with van der Waals surface area (Å²) in [5, 5.41) is 0.711. The Bertz CT molecular complexity index is 595. The normalized spacial score (nSPS) is 23.7. The van der Waals surface area contributed by atoms with Crippen LogP contribution in [0, 0.1) is 0 Å². The summed E-state index contributed by atoms with van der Waals surface area (Å²) >= 11 is 5.90. The molecule has 1 saturated heterocycles. The monoisotopic (exact) mass is 360 g/mol. The summed E-state index contributed by atoms with van der Waals surface area (Å²) in [5.41, 5.74) is 1.14. The molecule has 0 aliphatic carbocycles. The molecule has 1 aliphatic rings. The van der Waals surface area contributed by atoms with Crippen molar-refractivity contribution in [2.75, 3.05) is 13.3 Å². The predicted octanol–water partition coefficient (Wildman–Crippen LogP) is 3.67. The zero-order chi connectivity index (χ0) is 15.4. The van der Waals surface area contributed by atoms with Gasteiger partial charge in [0, 0.05) is 23.8 Å². The molecule has 0 saturated carbocycles. The molecule has 2 heterocycles. The van der Waals surface area contributed by atoms with Gasteiger partial charge in [0.25, 0.3) is 0 Å². The third kappa shape index (κ3) is 4.67. The highest BCUT2D eigenvalue weighted by atomic mass is 35.5. The Hall–Kier alpha value is -1.14. The highest BCUT2D eigenvalue weighted by Crippen LogP contribution is 2.31. The van der Waals surface area contributed by atoms with E-state index in [4.69, 9.17) is 21.1 Å². The van der Waals surface area contributed by atoms with Gasteiger partial charge in [0.05, 0.1) is 19.5 Å². The Morgan fingerprint density at radius 2 is 2.13 bits per heavy atom. The number of nitrogens with zero attached hydrogens (tertiary/aromatic N) is 2. The summed E-state index contributed by atoms with van der Waals surface area (Å²) in [6, 6.07) is 7.68. The van der Waals surface area contributed by atoms with Crippen molar-refractivity contribution >= 4 is 24.0 Å². The number of aryl methyl sites for hydroxylation is 1. The van der Waals surface area contributed by atoms with Crippen LogP contribution in [0.25, 0.3) is 0 Å². The van der Waals surface area contributed by atoms with Crippen molar-refractivity contribution in [3.05, 3.63) is 53.6 Å². The zero-order valence-corrected chi connectivity index (χ0v) is 14.1. The fourth-order valence-corrected chi connectivity index (χ4v) is 2.76. The molecule has 1 aromatic heterocycles. The van der Waals surface area contributed by atoms with Gasteiger partial charge in [-0.25, -0.2) is 9.37 Å². The van der Waals surface area contributed by atoms with Gasteiger partial charge in [-0.3, -0.25) is 0 Å². The second kappa shape index (κ2) is 8.11. The molecule has 2 aromatic rings. The van der Waals surface area contributed by atoms with E-state index >= 15 is 0 Å². The minimum atomic E-state index is -0.808. The van der Waals surface area contributed by atoms with Gasteiger partial charge in [0.1, 0.15) is 12.8 Å². The van der Waals surface area contributed by atoms with Gasteiger partial charge in [-0.2, -0.15) is 0 Å². The third-order valence-electron chi connectivity index (χ3n) is 3.78. The van der Waals surface area contributed by atoms with Crippen molar-refractivity contribution in [1.82, 2.24) is 9.55 Å². The van der Waals surface area contributed by atoms with Crippen LogP contribution in [0.1, 0.15) is 12.0 Å². The number of aromatic nitrogens is 2. The van der Waals surface area contributed by atoms with Crippen LogP contribution in [0.4, 0.5) is 4.39 Å². The molecule has 1 aliphatic heterocycles. The van der Waals surface area contributed by atoms with Crippen LogP contribution < -0.4 is 0 Å². The molecule has 2 atom stereocenters. The zero-order valence-electron chi connectivity index (χ0n) is 12.5. The van der Waals surface area contributed by atoms with E-state index in [0.29, 0.717) is 18.0 Å². The molecule has 0 amide bonds. The molecule has 0 radical (unpaired) electrons. The summed E-state index contributed by atoms with van der Waals surface area (Å²) in [5.74, 6) is -0.808. The molecule has 4 nitrogen and oxygen atoms in total. The Balaban J connectivity index is 0.00000192. The molecule has 126 valence electrons. The smallest absolute Gasteiger partial charge is 0.187 e. The van der Waals surface area contributed by atoms with E-state index in [1.165, 1.54) is 0 Å². The second-order valence-corrected chi connectivity index (χ2v) is 5.91. The first-order valence-electron chi connectivity index (χ1n) is 7.27. The number of halogens is 3. The number of hydrogen-bond acceptors (Lipinski definition) is 3. The Labute approximate surface area is 146 Å². The minimum absolute atomic E-state index is 0. The van der Waals surface area contributed by atoms with Gasteiger partial charge >= 0.3 is 0 Å².